The molecule has 5 heteroatoms. The zero-order valence-electron chi connectivity index (χ0n) is 9.56. The van der Waals surface area contributed by atoms with Crippen LogP contribution in [-0.2, 0) is 0 Å². The molecule has 1 heterocycles. The standard InChI is InChI=1S/C14H7BrClNO2/c15-9-3-1-8(2-4-9)13-14(18)11-7-10(16)5-6-12(11)17(13)19/h1-7H. The highest BCUT2D eigenvalue weighted by Crippen LogP contribution is 2.30. The minimum atomic E-state index is -0.296. The molecule has 0 fully saturated rings. The first kappa shape index (κ1) is 12.4. The molecule has 0 spiro atoms. The van der Waals surface area contributed by atoms with Crippen molar-refractivity contribution in [3.63, 3.8) is 0 Å². The molecule has 3 nitrogen and oxygen atoms in total. The Hall–Kier alpha value is -1.65. The molecule has 0 aromatic heterocycles. The second-order valence-electron chi connectivity index (χ2n) is 4.14. The van der Waals surface area contributed by atoms with Crippen LogP contribution in [0.15, 0.2) is 46.9 Å². The van der Waals surface area contributed by atoms with Gasteiger partial charge in [0.2, 0.25) is 5.69 Å². The summed E-state index contributed by atoms with van der Waals surface area (Å²) in [5, 5.41) is 12.6. The third kappa shape index (κ3) is 1.97. The highest BCUT2D eigenvalue weighted by molar-refractivity contribution is 9.10. The molecular formula is C14H7BrClNO2. The largest absolute Gasteiger partial charge is 0.618 e. The van der Waals surface area contributed by atoms with Crippen LogP contribution in [-0.4, -0.2) is 16.2 Å². The molecule has 0 N–H and O–H groups in total. The van der Waals surface area contributed by atoms with Crippen LogP contribution in [0.1, 0.15) is 15.9 Å². The summed E-state index contributed by atoms with van der Waals surface area (Å²) in [4.78, 5) is 12.3. The van der Waals surface area contributed by atoms with Crippen LogP contribution < -0.4 is 0 Å². The number of ketones is 1. The predicted octanol–water partition coefficient (Wildman–Crippen LogP) is 3.93. The van der Waals surface area contributed by atoms with Gasteiger partial charge in [-0.25, -0.2) is 0 Å². The average Bonchev–Trinajstić information content (AvgIpc) is 2.63. The first-order valence-corrected chi connectivity index (χ1v) is 6.69. The van der Waals surface area contributed by atoms with Gasteiger partial charge in [-0.2, -0.15) is 4.74 Å². The van der Waals surface area contributed by atoms with Crippen molar-refractivity contribution in [3.05, 3.63) is 68.3 Å². The summed E-state index contributed by atoms with van der Waals surface area (Å²) >= 11 is 9.18. The maximum atomic E-state index is 12.3. The Morgan fingerprint density at radius 2 is 1.79 bits per heavy atom. The van der Waals surface area contributed by atoms with E-state index in [-0.39, 0.29) is 11.5 Å². The van der Waals surface area contributed by atoms with Gasteiger partial charge in [0.15, 0.2) is 0 Å². The van der Waals surface area contributed by atoms with E-state index in [1.807, 2.05) is 0 Å². The van der Waals surface area contributed by atoms with E-state index in [9.17, 15) is 10.0 Å². The third-order valence-electron chi connectivity index (χ3n) is 2.96. The monoisotopic (exact) mass is 335 g/mol. The smallest absolute Gasteiger partial charge is 0.272 e. The molecule has 19 heavy (non-hydrogen) atoms. The number of hydrogen-bond donors (Lipinski definition) is 0. The summed E-state index contributed by atoms with van der Waals surface area (Å²) in [6.07, 6.45) is 0. The van der Waals surface area contributed by atoms with E-state index in [0.29, 0.717) is 26.6 Å². The zero-order chi connectivity index (χ0) is 13.6. The molecule has 3 rings (SSSR count). The maximum absolute atomic E-state index is 12.3. The number of rotatable bonds is 1. The predicted molar refractivity (Wildman–Crippen MR) is 77.3 cm³/mol. The van der Waals surface area contributed by atoms with E-state index in [1.165, 1.54) is 6.07 Å². The lowest BCUT2D eigenvalue weighted by molar-refractivity contribution is -0.355. The first-order chi connectivity index (χ1) is 9.08. The normalized spacial score (nSPS) is 13.9. The number of carbonyl (C=O) groups excluding carboxylic acids is 1. The maximum Gasteiger partial charge on any atom is 0.272 e. The van der Waals surface area contributed by atoms with Gasteiger partial charge >= 0.3 is 0 Å². The fourth-order valence-electron chi connectivity index (χ4n) is 2.06. The number of fused-ring (bicyclic) bond motifs is 1. The van der Waals surface area contributed by atoms with E-state index in [4.69, 9.17) is 11.6 Å². The lowest BCUT2D eigenvalue weighted by Crippen LogP contribution is -2.16. The molecule has 0 bridgehead atoms. The van der Waals surface area contributed by atoms with Gasteiger partial charge in [-0.05, 0) is 36.4 Å². The Kier molecular flexibility index (Phi) is 2.92. The molecule has 1 aliphatic heterocycles. The fourth-order valence-corrected chi connectivity index (χ4v) is 2.50. The van der Waals surface area contributed by atoms with Crippen LogP contribution >= 0.6 is 27.5 Å². The van der Waals surface area contributed by atoms with Crippen LogP contribution in [0, 0.1) is 5.21 Å². The van der Waals surface area contributed by atoms with Crippen LogP contribution in [0.3, 0.4) is 0 Å². The van der Waals surface area contributed by atoms with Crippen molar-refractivity contribution in [2.45, 2.75) is 0 Å². The summed E-state index contributed by atoms with van der Waals surface area (Å²) in [6, 6.07) is 11.7. The zero-order valence-corrected chi connectivity index (χ0v) is 11.9. The van der Waals surface area contributed by atoms with E-state index < -0.39 is 0 Å². The third-order valence-corrected chi connectivity index (χ3v) is 3.72. The van der Waals surface area contributed by atoms with Crippen molar-refractivity contribution in [2.24, 2.45) is 0 Å². The highest BCUT2D eigenvalue weighted by atomic mass is 79.9. The number of halogens is 2. The molecule has 2 aromatic carbocycles. The van der Waals surface area contributed by atoms with Gasteiger partial charge in [-0.3, -0.25) is 4.79 Å². The molecule has 94 valence electrons. The summed E-state index contributed by atoms with van der Waals surface area (Å²) in [5.74, 6) is -0.296. The molecule has 0 radical (unpaired) electrons. The lowest BCUT2D eigenvalue weighted by atomic mass is 10.0. The lowest BCUT2D eigenvalue weighted by Gasteiger charge is -2.02. The highest BCUT2D eigenvalue weighted by Gasteiger charge is 2.36. The number of hydrogen-bond acceptors (Lipinski definition) is 2. The van der Waals surface area contributed by atoms with E-state index in [0.717, 1.165) is 4.47 Å². The second-order valence-corrected chi connectivity index (χ2v) is 5.49. The number of carbonyl (C=O) groups is 1. The topological polar surface area (TPSA) is 43.1 Å². The molecule has 0 atom stereocenters. The molecule has 1 aliphatic rings. The summed E-state index contributed by atoms with van der Waals surface area (Å²) in [6.45, 7) is 0. The number of nitrogens with zero attached hydrogens (tertiary/aromatic N) is 1. The minimum Gasteiger partial charge on any atom is -0.618 e. The van der Waals surface area contributed by atoms with Gasteiger partial charge in [0.1, 0.15) is 5.56 Å². The molecular weight excluding hydrogens is 330 g/mol. The second kappa shape index (κ2) is 4.47. The van der Waals surface area contributed by atoms with Crippen LogP contribution in [0.2, 0.25) is 5.02 Å². The Labute approximate surface area is 122 Å². The number of benzene rings is 2. The molecule has 0 unspecified atom stereocenters. The van der Waals surface area contributed by atoms with Crippen molar-refractivity contribution >= 4 is 44.7 Å². The van der Waals surface area contributed by atoms with Crippen LogP contribution in [0.5, 0.6) is 0 Å². The SMILES string of the molecule is O=C1C(c2ccc(Br)cc2)=[N+]([O-])c2ccc(Cl)cc21. The van der Waals surface area contributed by atoms with Gasteiger partial charge < -0.3 is 5.21 Å². The Morgan fingerprint density at radius 3 is 2.47 bits per heavy atom. The van der Waals surface area contributed by atoms with Gasteiger partial charge in [0.05, 0.1) is 5.56 Å². The van der Waals surface area contributed by atoms with E-state index in [2.05, 4.69) is 15.9 Å². The van der Waals surface area contributed by atoms with Crippen molar-refractivity contribution in [1.29, 1.82) is 0 Å². The van der Waals surface area contributed by atoms with Gasteiger partial charge in [0.25, 0.3) is 11.5 Å². The fraction of sp³-hybridized carbons (Fsp3) is 0. The van der Waals surface area contributed by atoms with Gasteiger partial charge in [-0.15, -0.1) is 0 Å². The molecule has 0 saturated carbocycles. The van der Waals surface area contributed by atoms with Gasteiger partial charge in [-0.1, -0.05) is 27.5 Å². The van der Waals surface area contributed by atoms with Gasteiger partial charge in [0, 0.05) is 15.6 Å². The van der Waals surface area contributed by atoms with Crippen molar-refractivity contribution < 1.29 is 9.53 Å². The summed E-state index contributed by atoms with van der Waals surface area (Å²) < 4.78 is 1.55. The average molecular weight is 337 g/mol. The van der Waals surface area contributed by atoms with Crippen LogP contribution in [0.25, 0.3) is 0 Å². The van der Waals surface area contributed by atoms with Crippen molar-refractivity contribution in [2.75, 3.05) is 0 Å². The van der Waals surface area contributed by atoms with Crippen LogP contribution in [0.4, 0.5) is 5.69 Å². The molecule has 0 aliphatic carbocycles. The van der Waals surface area contributed by atoms with Crippen molar-refractivity contribution in [1.82, 2.24) is 0 Å². The Balaban J connectivity index is 2.17. The molecule has 0 amide bonds. The first-order valence-electron chi connectivity index (χ1n) is 5.52. The Morgan fingerprint density at radius 1 is 1.11 bits per heavy atom. The quantitative estimate of drug-likeness (QED) is 0.585. The van der Waals surface area contributed by atoms with Crippen molar-refractivity contribution in [3.8, 4) is 0 Å². The van der Waals surface area contributed by atoms with E-state index in [1.54, 1.807) is 36.4 Å². The molecule has 2 aromatic rings. The molecule has 0 saturated heterocycles. The van der Waals surface area contributed by atoms with E-state index >= 15 is 0 Å². The number of Topliss-reactive ketones (excluding diaryl/α,β-unsaturated/α-hetero) is 1. The summed E-state index contributed by atoms with van der Waals surface area (Å²) in [5.41, 5.74) is 1.41. The Bertz CT molecular complexity index is 723. The minimum absolute atomic E-state index is 0.129. The summed E-state index contributed by atoms with van der Waals surface area (Å²) in [7, 11) is 0.